The molecule has 0 heterocycles. The SMILES string of the molecule is COc1ccc(Oc2ccc(C(=O)Nc3ccccc3OC)cc2)cc1. The van der Waals surface area contributed by atoms with Crippen LogP contribution in [0.2, 0.25) is 0 Å². The first kappa shape index (κ1) is 17.4. The summed E-state index contributed by atoms with van der Waals surface area (Å²) in [5, 5.41) is 2.84. The Kier molecular flexibility index (Phi) is 5.39. The highest BCUT2D eigenvalue weighted by atomic mass is 16.5. The molecule has 0 atom stereocenters. The molecule has 0 aliphatic rings. The molecule has 0 spiro atoms. The molecule has 3 aromatic rings. The van der Waals surface area contributed by atoms with Crippen molar-refractivity contribution >= 4 is 11.6 Å². The Morgan fingerprint density at radius 1 is 0.731 bits per heavy atom. The highest BCUT2D eigenvalue weighted by Gasteiger charge is 2.09. The van der Waals surface area contributed by atoms with E-state index in [2.05, 4.69) is 5.32 Å². The molecular formula is C21H19NO4. The smallest absolute Gasteiger partial charge is 0.255 e. The zero-order valence-electron chi connectivity index (χ0n) is 14.6. The third kappa shape index (κ3) is 4.13. The van der Waals surface area contributed by atoms with E-state index < -0.39 is 0 Å². The number of benzene rings is 3. The van der Waals surface area contributed by atoms with Gasteiger partial charge < -0.3 is 19.5 Å². The van der Waals surface area contributed by atoms with Gasteiger partial charge >= 0.3 is 0 Å². The van der Waals surface area contributed by atoms with Crippen LogP contribution in [0, 0.1) is 0 Å². The lowest BCUT2D eigenvalue weighted by molar-refractivity contribution is 0.102. The molecule has 1 amide bonds. The highest BCUT2D eigenvalue weighted by molar-refractivity contribution is 6.05. The van der Waals surface area contributed by atoms with Gasteiger partial charge in [0.15, 0.2) is 0 Å². The summed E-state index contributed by atoms with van der Waals surface area (Å²) in [6.45, 7) is 0. The highest BCUT2D eigenvalue weighted by Crippen LogP contribution is 2.26. The molecule has 5 nitrogen and oxygen atoms in total. The van der Waals surface area contributed by atoms with E-state index in [1.165, 1.54) is 0 Å². The van der Waals surface area contributed by atoms with Crippen LogP contribution >= 0.6 is 0 Å². The van der Waals surface area contributed by atoms with Crippen molar-refractivity contribution in [2.75, 3.05) is 19.5 Å². The van der Waals surface area contributed by atoms with E-state index in [-0.39, 0.29) is 5.91 Å². The fourth-order valence-electron chi connectivity index (χ4n) is 2.40. The fourth-order valence-corrected chi connectivity index (χ4v) is 2.40. The summed E-state index contributed by atoms with van der Waals surface area (Å²) in [6.07, 6.45) is 0. The normalized spacial score (nSPS) is 10.1. The van der Waals surface area contributed by atoms with Crippen LogP contribution in [0.4, 0.5) is 5.69 Å². The number of carbonyl (C=O) groups is 1. The second-order valence-electron chi connectivity index (χ2n) is 5.46. The Bertz CT molecular complexity index is 873. The zero-order valence-corrected chi connectivity index (χ0v) is 14.6. The van der Waals surface area contributed by atoms with Gasteiger partial charge in [-0.3, -0.25) is 4.79 Å². The Morgan fingerprint density at radius 2 is 1.31 bits per heavy atom. The van der Waals surface area contributed by atoms with Crippen LogP contribution in [-0.4, -0.2) is 20.1 Å². The predicted molar refractivity (Wildman–Crippen MR) is 100 cm³/mol. The molecule has 5 heteroatoms. The van der Waals surface area contributed by atoms with Crippen molar-refractivity contribution in [1.29, 1.82) is 0 Å². The molecule has 0 radical (unpaired) electrons. The zero-order chi connectivity index (χ0) is 18.4. The summed E-state index contributed by atoms with van der Waals surface area (Å²) < 4.78 is 16.1. The van der Waals surface area contributed by atoms with Gasteiger partial charge in [0.05, 0.1) is 19.9 Å². The topological polar surface area (TPSA) is 56.8 Å². The van der Waals surface area contributed by atoms with Crippen molar-refractivity contribution in [1.82, 2.24) is 0 Å². The van der Waals surface area contributed by atoms with Gasteiger partial charge in [-0.05, 0) is 60.7 Å². The summed E-state index contributed by atoms with van der Waals surface area (Å²) >= 11 is 0. The number of para-hydroxylation sites is 2. The lowest BCUT2D eigenvalue weighted by Gasteiger charge is -2.10. The van der Waals surface area contributed by atoms with Gasteiger partial charge in [-0.2, -0.15) is 0 Å². The lowest BCUT2D eigenvalue weighted by atomic mass is 10.2. The number of carbonyl (C=O) groups excluding carboxylic acids is 1. The fraction of sp³-hybridized carbons (Fsp3) is 0.0952. The summed E-state index contributed by atoms with van der Waals surface area (Å²) in [4.78, 5) is 12.4. The standard InChI is InChI=1S/C21H19NO4/c1-24-16-11-13-18(14-12-16)26-17-9-7-15(8-10-17)21(23)22-19-5-3-4-6-20(19)25-2/h3-14H,1-2H3,(H,22,23). The molecule has 0 aromatic heterocycles. The van der Waals surface area contributed by atoms with Gasteiger partial charge in [-0.1, -0.05) is 12.1 Å². The van der Waals surface area contributed by atoms with Crippen LogP contribution in [0.3, 0.4) is 0 Å². The van der Waals surface area contributed by atoms with Crippen molar-refractivity contribution in [2.45, 2.75) is 0 Å². The minimum absolute atomic E-state index is 0.217. The first-order valence-electron chi connectivity index (χ1n) is 8.06. The average molecular weight is 349 g/mol. The van der Waals surface area contributed by atoms with Crippen LogP contribution in [0.1, 0.15) is 10.4 Å². The molecule has 0 bridgehead atoms. The number of hydrogen-bond acceptors (Lipinski definition) is 4. The molecule has 0 fully saturated rings. The Balaban J connectivity index is 1.67. The summed E-state index contributed by atoms with van der Waals surface area (Å²) in [6, 6.07) is 21.5. The first-order chi connectivity index (χ1) is 12.7. The maximum atomic E-state index is 12.4. The van der Waals surface area contributed by atoms with E-state index in [4.69, 9.17) is 14.2 Å². The predicted octanol–water partition coefficient (Wildman–Crippen LogP) is 4.75. The molecule has 132 valence electrons. The minimum Gasteiger partial charge on any atom is -0.497 e. The summed E-state index contributed by atoms with van der Waals surface area (Å²) in [7, 11) is 3.18. The molecular weight excluding hydrogens is 330 g/mol. The first-order valence-corrected chi connectivity index (χ1v) is 8.06. The summed E-state index contributed by atoms with van der Waals surface area (Å²) in [5.74, 6) is 2.49. The Hall–Kier alpha value is -3.47. The quantitative estimate of drug-likeness (QED) is 0.698. The largest absolute Gasteiger partial charge is 0.497 e. The van der Waals surface area contributed by atoms with E-state index in [0.717, 1.165) is 5.75 Å². The second kappa shape index (κ2) is 8.07. The molecule has 0 unspecified atom stereocenters. The Labute approximate surface area is 152 Å². The molecule has 0 aliphatic heterocycles. The van der Waals surface area contributed by atoms with E-state index in [1.54, 1.807) is 50.6 Å². The molecule has 3 rings (SSSR count). The van der Waals surface area contributed by atoms with Gasteiger partial charge in [0.1, 0.15) is 23.0 Å². The number of methoxy groups -OCH3 is 2. The summed E-state index contributed by atoms with van der Waals surface area (Å²) in [5.41, 5.74) is 1.15. The molecule has 0 saturated heterocycles. The maximum Gasteiger partial charge on any atom is 0.255 e. The van der Waals surface area contributed by atoms with E-state index in [1.807, 2.05) is 36.4 Å². The minimum atomic E-state index is -0.217. The van der Waals surface area contributed by atoms with E-state index in [9.17, 15) is 4.79 Å². The van der Waals surface area contributed by atoms with Crippen molar-refractivity contribution < 1.29 is 19.0 Å². The van der Waals surface area contributed by atoms with Crippen LogP contribution in [-0.2, 0) is 0 Å². The third-order valence-corrected chi connectivity index (χ3v) is 3.77. The van der Waals surface area contributed by atoms with Crippen molar-refractivity contribution in [3.8, 4) is 23.0 Å². The molecule has 0 saturated carbocycles. The van der Waals surface area contributed by atoms with Gasteiger partial charge in [-0.15, -0.1) is 0 Å². The average Bonchev–Trinajstić information content (AvgIpc) is 2.69. The van der Waals surface area contributed by atoms with Crippen molar-refractivity contribution in [3.05, 3.63) is 78.4 Å². The Morgan fingerprint density at radius 3 is 1.92 bits per heavy atom. The van der Waals surface area contributed by atoms with E-state index in [0.29, 0.717) is 28.5 Å². The second-order valence-corrected chi connectivity index (χ2v) is 5.46. The van der Waals surface area contributed by atoms with Gasteiger partial charge in [0.2, 0.25) is 0 Å². The molecule has 3 aromatic carbocycles. The van der Waals surface area contributed by atoms with Crippen molar-refractivity contribution in [2.24, 2.45) is 0 Å². The number of ether oxygens (including phenoxy) is 3. The third-order valence-electron chi connectivity index (χ3n) is 3.77. The monoisotopic (exact) mass is 349 g/mol. The number of rotatable bonds is 6. The molecule has 1 N–H and O–H groups in total. The number of amides is 1. The van der Waals surface area contributed by atoms with Crippen LogP contribution in [0.25, 0.3) is 0 Å². The number of hydrogen-bond donors (Lipinski definition) is 1. The molecule has 26 heavy (non-hydrogen) atoms. The van der Waals surface area contributed by atoms with Gasteiger partial charge in [0, 0.05) is 5.56 Å². The maximum absolute atomic E-state index is 12.4. The van der Waals surface area contributed by atoms with E-state index >= 15 is 0 Å². The van der Waals surface area contributed by atoms with Crippen LogP contribution < -0.4 is 19.5 Å². The lowest BCUT2D eigenvalue weighted by Crippen LogP contribution is -2.12. The van der Waals surface area contributed by atoms with Crippen LogP contribution in [0.5, 0.6) is 23.0 Å². The van der Waals surface area contributed by atoms with Crippen LogP contribution in [0.15, 0.2) is 72.8 Å². The van der Waals surface area contributed by atoms with Crippen molar-refractivity contribution in [3.63, 3.8) is 0 Å². The molecule has 0 aliphatic carbocycles. The number of anilines is 1. The van der Waals surface area contributed by atoms with Gasteiger partial charge in [-0.25, -0.2) is 0 Å². The number of nitrogens with one attached hydrogen (secondary N) is 1. The van der Waals surface area contributed by atoms with Gasteiger partial charge in [0.25, 0.3) is 5.91 Å².